The summed E-state index contributed by atoms with van der Waals surface area (Å²) in [5.41, 5.74) is 2.88. The molecule has 0 aliphatic carbocycles. The maximum atomic E-state index is 12.9. The summed E-state index contributed by atoms with van der Waals surface area (Å²) in [6, 6.07) is 17.9. The monoisotopic (exact) mass is 517 g/mol. The molecule has 0 spiro atoms. The third kappa shape index (κ3) is 4.10. The Kier molecular flexibility index (Phi) is 5.71. The summed E-state index contributed by atoms with van der Waals surface area (Å²) in [4.78, 5) is 25.3. The molecule has 0 saturated carbocycles. The summed E-state index contributed by atoms with van der Waals surface area (Å²) >= 11 is 3.35. The van der Waals surface area contributed by atoms with E-state index < -0.39 is 0 Å². The van der Waals surface area contributed by atoms with Crippen LogP contribution in [0.25, 0.3) is 17.0 Å². The van der Waals surface area contributed by atoms with Crippen LogP contribution in [0.4, 0.5) is 0 Å². The average molecular weight is 518 g/mol. The second-order valence-electron chi connectivity index (χ2n) is 7.89. The smallest absolute Gasteiger partial charge is 0.231 e. The molecule has 0 N–H and O–H groups in total. The zero-order chi connectivity index (χ0) is 23.8. The van der Waals surface area contributed by atoms with Crippen molar-refractivity contribution in [1.29, 1.82) is 0 Å². The lowest BCUT2D eigenvalue weighted by atomic mass is 10.1. The minimum atomic E-state index is -0.201. The standard InChI is InChI=1S/C27H20BrNO5/c1-29-14-17(22-12-19(32-2)8-10-23(22)29)11-26-27(31)21-9-7-20(13-25(21)34-26)33-15-24(30)16-3-5-18(28)6-4-16/h3-14H,15H2,1-2H3/b26-11-. The van der Waals surface area contributed by atoms with Gasteiger partial charge >= 0.3 is 0 Å². The molecule has 7 heteroatoms. The number of hydrogen-bond donors (Lipinski definition) is 0. The molecule has 0 atom stereocenters. The number of aryl methyl sites for hydroxylation is 1. The third-order valence-electron chi connectivity index (χ3n) is 5.69. The van der Waals surface area contributed by atoms with Crippen LogP contribution in [-0.2, 0) is 7.05 Å². The lowest BCUT2D eigenvalue weighted by molar-refractivity contribution is 0.0921. The summed E-state index contributed by atoms with van der Waals surface area (Å²) < 4.78 is 19.8. The van der Waals surface area contributed by atoms with Gasteiger partial charge in [0.15, 0.2) is 18.1 Å². The van der Waals surface area contributed by atoms with Crippen LogP contribution in [0.2, 0.25) is 0 Å². The van der Waals surface area contributed by atoms with Crippen LogP contribution in [0, 0.1) is 0 Å². The first kappa shape index (κ1) is 22.0. The SMILES string of the molecule is COc1ccc2c(c1)c(/C=C1\Oc3cc(OCC(=O)c4ccc(Br)cc4)ccc3C1=O)cn2C. The van der Waals surface area contributed by atoms with E-state index in [4.69, 9.17) is 14.2 Å². The Morgan fingerprint density at radius 1 is 1.06 bits per heavy atom. The van der Waals surface area contributed by atoms with E-state index in [-0.39, 0.29) is 23.9 Å². The van der Waals surface area contributed by atoms with Crippen molar-refractivity contribution in [3.63, 3.8) is 0 Å². The van der Waals surface area contributed by atoms with E-state index in [2.05, 4.69) is 15.9 Å². The highest BCUT2D eigenvalue weighted by Gasteiger charge is 2.28. The van der Waals surface area contributed by atoms with Gasteiger partial charge in [-0.2, -0.15) is 0 Å². The minimum Gasteiger partial charge on any atom is -0.497 e. The first-order chi connectivity index (χ1) is 16.4. The number of carbonyl (C=O) groups excluding carboxylic acids is 2. The zero-order valence-corrected chi connectivity index (χ0v) is 20.1. The molecule has 6 nitrogen and oxygen atoms in total. The van der Waals surface area contributed by atoms with Crippen molar-refractivity contribution >= 4 is 44.5 Å². The maximum Gasteiger partial charge on any atom is 0.231 e. The van der Waals surface area contributed by atoms with Crippen LogP contribution < -0.4 is 14.2 Å². The number of Topliss-reactive ketones (excluding diaryl/α,β-unsaturated/α-hetero) is 2. The van der Waals surface area contributed by atoms with Gasteiger partial charge in [-0.3, -0.25) is 9.59 Å². The van der Waals surface area contributed by atoms with E-state index in [1.54, 1.807) is 43.5 Å². The van der Waals surface area contributed by atoms with Gasteiger partial charge in [0.25, 0.3) is 0 Å². The second-order valence-corrected chi connectivity index (χ2v) is 8.81. The van der Waals surface area contributed by atoms with Gasteiger partial charge in [-0.15, -0.1) is 0 Å². The molecule has 0 saturated heterocycles. The molecule has 5 rings (SSSR count). The lowest BCUT2D eigenvalue weighted by Crippen LogP contribution is -2.11. The van der Waals surface area contributed by atoms with E-state index in [0.29, 0.717) is 22.6 Å². The highest BCUT2D eigenvalue weighted by atomic mass is 79.9. The number of aromatic nitrogens is 1. The number of allylic oxidation sites excluding steroid dienone is 1. The molecule has 0 unspecified atom stereocenters. The first-order valence-corrected chi connectivity index (χ1v) is 11.3. The summed E-state index contributed by atoms with van der Waals surface area (Å²) in [5.74, 6) is 1.48. The molecule has 1 aliphatic heterocycles. The second kappa shape index (κ2) is 8.83. The number of benzene rings is 3. The number of hydrogen-bond acceptors (Lipinski definition) is 5. The lowest BCUT2D eigenvalue weighted by Gasteiger charge is -2.07. The van der Waals surface area contributed by atoms with Crippen LogP contribution in [-0.4, -0.2) is 29.9 Å². The minimum absolute atomic E-state index is 0.116. The van der Waals surface area contributed by atoms with Gasteiger partial charge < -0.3 is 18.8 Å². The first-order valence-electron chi connectivity index (χ1n) is 10.6. The van der Waals surface area contributed by atoms with Crippen molar-refractivity contribution in [2.75, 3.05) is 13.7 Å². The number of ketones is 2. The largest absolute Gasteiger partial charge is 0.497 e. The highest BCUT2D eigenvalue weighted by Crippen LogP contribution is 2.36. The molecule has 2 heterocycles. The number of carbonyl (C=O) groups is 2. The molecule has 34 heavy (non-hydrogen) atoms. The van der Waals surface area contributed by atoms with Crippen molar-refractivity contribution in [1.82, 2.24) is 4.57 Å². The van der Waals surface area contributed by atoms with Crippen LogP contribution in [0.5, 0.6) is 17.2 Å². The molecular weight excluding hydrogens is 498 g/mol. The van der Waals surface area contributed by atoms with Gasteiger partial charge in [0, 0.05) is 45.8 Å². The number of rotatable bonds is 6. The Morgan fingerprint density at radius 3 is 2.59 bits per heavy atom. The quantitative estimate of drug-likeness (QED) is 0.238. The van der Waals surface area contributed by atoms with Crippen molar-refractivity contribution in [2.24, 2.45) is 7.05 Å². The summed E-state index contributed by atoms with van der Waals surface area (Å²) in [7, 11) is 3.57. The number of nitrogens with zero attached hydrogens (tertiary/aromatic N) is 1. The van der Waals surface area contributed by atoms with Crippen LogP contribution in [0.15, 0.2) is 77.1 Å². The number of methoxy groups -OCH3 is 1. The Hall–Kier alpha value is -3.84. The van der Waals surface area contributed by atoms with Gasteiger partial charge in [0.1, 0.15) is 17.2 Å². The fourth-order valence-electron chi connectivity index (χ4n) is 3.91. The fourth-order valence-corrected chi connectivity index (χ4v) is 4.17. The molecule has 0 bridgehead atoms. The highest BCUT2D eigenvalue weighted by molar-refractivity contribution is 9.10. The molecule has 0 amide bonds. The van der Waals surface area contributed by atoms with Crippen LogP contribution in [0.3, 0.4) is 0 Å². The molecule has 0 radical (unpaired) electrons. The van der Waals surface area contributed by atoms with E-state index in [1.165, 1.54) is 0 Å². The maximum absolute atomic E-state index is 12.9. The number of ether oxygens (including phenoxy) is 3. The van der Waals surface area contributed by atoms with Crippen molar-refractivity contribution in [2.45, 2.75) is 0 Å². The third-order valence-corrected chi connectivity index (χ3v) is 6.22. The van der Waals surface area contributed by atoms with Crippen LogP contribution >= 0.6 is 15.9 Å². The fraction of sp³-hybridized carbons (Fsp3) is 0.111. The van der Waals surface area contributed by atoms with E-state index in [0.717, 1.165) is 26.7 Å². The Labute approximate surface area is 204 Å². The number of fused-ring (bicyclic) bond motifs is 2. The Balaban J connectivity index is 1.36. The predicted molar refractivity (Wildman–Crippen MR) is 133 cm³/mol. The normalized spacial score (nSPS) is 13.7. The van der Waals surface area contributed by atoms with Crippen molar-refractivity contribution in [3.8, 4) is 17.2 Å². The Morgan fingerprint density at radius 2 is 1.82 bits per heavy atom. The van der Waals surface area contributed by atoms with Gasteiger partial charge in [0.05, 0.1) is 12.7 Å². The average Bonchev–Trinajstić information content (AvgIpc) is 3.33. The van der Waals surface area contributed by atoms with Gasteiger partial charge in [-0.25, -0.2) is 0 Å². The molecule has 170 valence electrons. The van der Waals surface area contributed by atoms with E-state index >= 15 is 0 Å². The molecule has 0 fully saturated rings. The van der Waals surface area contributed by atoms with E-state index in [9.17, 15) is 9.59 Å². The van der Waals surface area contributed by atoms with Crippen molar-refractivity contribution in [3.05, 3.63) is 93.8 Å². The zero-order valence-electron chi connectivity index (χ0n) is 18.5. The van der Waals surface area contributed by atoms with Crippen LogP contribution in [0.1, 0.15) is 26.3 Å². The molecule has 3 aromatic carbocycles. The Bertz CT molecular complexity index is 1470. The predicted octanol–water partition coefficient (Wildman–Crippen LogP) is 5.83. The summed E-state index contributed by atoms with van der Waals surface area (Å²) in [5, 5.41) is 0.956. The van der Waals surface area contributed by atoms with Gasteiger partial charge in [-0.1, -0.05) is 28.1 Å². The summed E-state index contributed by atoms with van der Waals surface area (Å²) in [6.07, 6.45) is 3.68. The molecule has 4 aromatic rings. The van der Waals surface area contributed by atoms with Crippen molar-refractivity contribution < 1.29 is 23.8 Å². The molecule has 1 aromatic heterocycles. The van der Waals surface area contributed by atoms with Gasteiger partial charge in [0.2, 0.25) is 5.78 Å². The van der Waals surface area contributed by atoms with Gasteiger partial charge in [-0.05, 0) is 48.5 Å². The number of halogens is 1. The molecular formula is C27H20BrNO5. The summed E-state index contributed by atoms with van der Waals surface area (Å²) in [6.45, 7) is -0.116. The van der Waals surface area contributed by atoms with E-state index in [1.807, 2.05) is 48.1 Å². The topological polar surface area (TPSA) is 66.8 Å². The molecule has 1 aliphatic rings.